The van der Waals surface area contributed by atoms with Crippen LogP contribution in [0.3, 0.4) is 0 Å². The SMILES string of the molecule is CC(CC1CCCCCN1)Nc1ccccc1OC(C)C. The maximum absolute atomic E-state index is 5.88. The van der Waals surface area contributed by atoms with Gasteiger partial charge in [-0.3, -0.25) is 0 Å². The van der Waals surface area contributed by atoms with Crippen LogP contribution in [0.15, 0.2) is 24.3 Å². The molecule has 0 radical (unpaired) electrons. The van der Waals surface area contributed by atoms with E-state index in [0.29, 0.717) is 12.1 Å². The molecule has 2 rings (SSSR count). The molecular formula is C18H30N2O. The maximum Gasteiger partial charge on any atom is 0.142 e. The number of hydrogen-bond acceptors (Lipinski definition) is 3. The second-order valence-corrected chi connectivity index (χ2v) is 6.44. The maximum atomic E-state index is 5.88. The first-order valence-corrected chi connectivity index (χ1v) is 8.40. The molecule has 3 heteroatoms. The van der Waals surface area contributed by atoms with Gasteiger partial charge in [0, 0.05) is 12.1 Å². The van der Waals surface area contributed by atoms with Crippen LogP contribution >= 0.6 is 0 Å². The van der Waals surface area contributed by atoms with Crippen LogP contribution in [0, 0.1) is 0 Å². The van der Waals surface area contributed by atoms with Crippen molar-refractivity contribution in [3.05, 3.63) is 24.3 Å². The summed E-state index contributed by atoms with van der Waals surface area (Å²) in [5, 5.41) is 7.29. The van der Waals surface area contributed by atoms with Crippen LogP contribution in [-0.4, -0.2) is 24.7 Å². The van der Waals surface area contributed by atoms with E-state index in [1.54, 1.807) is 0 Å². The van der Waals surface area contributed by atoms with Crippen LogP contribution in [0.25, 0.3) is 0 Å². The molecule has 3 nitrogen and oxygen atoms in total. The number of rotatable bonds is 6. The predicted molar refractivity (Wildman–Crippen MR) is 90.2 cm³/mol. The predicted octanol–water partition coefficient (Wildman–Crippen LogP) is 4.20. The molecule has 2 unspecified atom stereocenters. The summed E-state index contributed by atoms with van der Waals surface area (Å²) in [4.78, 5) is 0. The summed E-state index contributed by atoms with van der Waals surface area (Å²) < 4.78 is 5.88. The standard InChI is InChI=1S/C18H30N2O/c1-14(2)21-18-11-7-6-10-17(18)20-15(3)13-16-9-5-4-8-12-19-16/h6-7,10-11,14-16,19-20H,4-5,8-9,12-13H2,1-3H3. The number of para-hydroxylation sites is 2. The third-order valence-corrected chi connectivity index (χ3v) is 3.95. The molecular weight excluding hydrogens is 260 g/mol. The number of hydrogen-bond donors (Lipinski definition) is 2. The van der Waals surface area contributed by atoms with Gasteiger partial charge in [-0.25, -0.2) is 0 Å². The summed E-state index contributed by atoms with van der Waals surface area (Å²) in [6.45, 7) is 7.56. The molecule has 1 aromatic carbocycles. The third kappa shape index (κ3) is 5.58. The van der Waals surface area contributed by atoms with Gasteiger partial charge in [0.1, 0.15) is 5.75 Å². The van der Waals surface area contributed by atoms with E-state index in [1.165, 1.54) is 32.2 Å². The Labute approximate surface area is 129 Å². The van der Waals surface area contributed by atoms with Crippen molar-refractivity contribution in [2.24, 2.45) is 0 Å². The van der Waals surface area contributed by atoms with E-state index in [2.05, 4.69) is 43.5 Å². The molecule has 0 aromatic heterocycles. The molecule has 2 atom stereocenters. The van der Waals surface area contributed by atoms with Crippen molar-refractivity contribution in [3.63, 3.8) is 0 Å². The van der Waals surface area contributed by atoms with Gasteiger partial charge in [-0.1, -0.05) is 25.0 Å². The number of benzene rings is 1. The van der Waals surface area contributed by atoms with Gasteiger partial charge in [0.25, 0.3) is 0 Å². The quantitative estimate of drug-likeness (QED) is 0.824. The molecule has 1 saturated heterocycles. The van der Waals surface area contributed by atoms with Gasteiger partial charge in [0.15, 0.2) is 0 Å². The highest BCUT2D eigenvalue weighted by molar-refractivity contribution is 5.56. The van der Waals surface area contributed by atoms with Crippen molar-refractivity contribution in [3.8, 4) is 5.75 Å². The van der Waals surface area contributed by atoms with Crippen molar-refractivity contribution < 1.29 is 4.74 Å². The summed E-state index contributed by atoms with van der Waals surface area (Å²) in [6, 6.07) is 9.32. The van der Waals surface area contributed by atoms with Crippen molar-refractivity contribution in [1.82, 2.24) is 5.32 Å². The van der Waals surface area contributed by atoms with Crippen LogP contribution in [0.5, 0.6) is 5.75 Å². The first-order valence-electron chi connectivity index (χ1n) is 8.40. The Hall–Kier alpha value is -1.22. The Morgan fingerprint density at radius 3 is 2.81 bits per heavy atom. The van der Waals surface area contributed by atoms with E-state index in [0.717, 1.165) is 17.9 Å². The van der Waals surface area contributed by atoms with E-state index < -0.39 is 0 Å². The highest BCUT2D eigenvalue weighted by atomic mass is 16.5. The van der Waals surface area contributed by atoms with E-state index in [1.807, 2.05) is 12.1 Å². The van der Waals surface area contributed by atoms with Gasteiger partial charge < -0.3 is 15.4 Å². The van der Waals surface area contributed by atoms with Gasteiger partial charge >= 0.3 is 0 Å². The zero-order valence-electron chi connectivity index (χ0n) is 13.7. The molecule has 0 bridgehead atoms. The zero-order chi connectivity index (χ0) is 15.1. The number of ether oxygens (including phenoxy) is 1. The van der Waals surface area contributed by atoms with Crippen molar-refractivity contribution in [1.29, 1.82) is 0 Å². The van der Waals surface area contributed by atoms with Gasteiger partial charge in [0.2, 0.25) is 0 Å². The number of nitrogens with one attached hydrogen (secondary N) is 2. The smallest absolute Gasteiger partial charge is 0.142 e. The molecule has 1 heterocycles. The van der Waals surface area contributed by atoms with E-state index in [4.69, 9.17) is 4.74 Å². The normalized spacial score (nSPS) is 20.9. The van der Waals surface area contributed by atoms with Gasteiger partial charge in [0.05, 0.1) is 11.8 Å². The van der Waals surface area contributed by atoms with Crippen molar-refractivity contribution in [2.45, 2.75) is 71.1 Å². The Bertz CT molecular complexity index is 411. The molecule has 1 aliphatic rings. The van der Waals surface area contributed by atoms with E-state index in [-0.39, 0.29) is 6.10 Å². The topological polar surface area (TPSA) is 33.3 Å². The minimum absolute atomic E-state index is 0.201. The average molecular weight is 290 g/mol. The molecule has 2 N–H and O–H groups in total. The molecule has 0 spiro atoms. The largest absolute Gasteiger partial charge is 0.489 e. The Kier molecular flexibility index (Phi) is 6.37. The lowest BCUT2D eigenvalue weighted by Crippen LogP contribution is -2.33. The monoisotopic (exact) mass is 290 g/mol. The fourth-order valence-electron chi connectivity index (χ4n) is 3.00. The van der Waals surface area contributed by atoms with Crippen molar-refractivity contribution >= 4 is 5.69 Å². The zero-order valence-corrected chi connectivity index (χ0v) is 13.7. The first kappa shape index (κ1) is 16.2. The minimum atomic E-state index is 0.201. The van der Waals surface area contributed by atoms with Gasteiger partial charge in [-0.15, -0.1) is 0 Å². The molecule has 0 aliphatic carbocycles. The van der Waals surface area contributed by atoms with Crippen molar-refractivity contribution in [2.75, 3.05) is 11.9 Å². The summed E-state index contributed by atoms with van der Waals surface area (Å²) >= 11 is 0. The van der Waals surface area contributed by atoms with Crippen LogP contribution in [0.1, 0.15) is 52.9 Å². The Morgan fingerprint density at radius 2 is 2.00 bits per heavy atom. The Morgan fingerprint density at radius 1 is 1.19 bits per heavy atom. The number of anilines is 1. The molecule has 1 aromatic rings. The highest BCUT2D eigenvalue weighted by Crippen LogP contribution is 2.26. The second-order valence-electron chi connectivity index (χ2n) is 6.44. The summed E-state index contributed by atoms with van der Waals surface area (Å²) in [5.41, 5.74) is 1.10. The summed E-state index contributed by atoms with van der Waals surface area (Å²) in [5.74, 6) is 0.952. The Balaban J connectivity index is 1.90. The third-order valence-electron chi connectivity index (χ3n) is 3.95. The fourth-order valence-corrected chi connectivity index (χ4v) is 3.00. The summed E-state index contributed by atoms with van der Waals surface area (Å²) in [7, 11) is 0. The molecule has 118 valence electrons. The van der Waals surface area contributed by atoms with Gasteiger partial charge in [-0.2, -0.15) is 0 Å². The highest BCUT2D eigenvalue weighted by Gasteiger charge is 2.16. The molecule has 0 saturated carbocycles. The molecule has 21 heavy (non-hydrogen) atoms. The van der Waals surface area contributed by atoms with E-state index in [9.17, 15) is 0 Å². The lowest BCUT2D eigenvalue weighted by molar-refractivity contribution is 0.243. The molecule has 1 fully saturated rings. The first-order chi connectivity index (χ1) is 10.1. The van der Waals surface area contributed by atoms with Crippen LogP contribution in [0.4, 0.5) is 5.69 Å². The summed E-state index contributed by atoms with van der Waals surface area (Å²) in [6.07, 6.45) is 6.72. The lowest BCUT2D eigenvalue weighted by atomic mass is 10.0. The average Bonchev–Trinajstić information content (AvgIpc) is 2.69. The fraction of sp³-hybridized carbons (Fsp3) is 0.667. The van der Waals surface area contributed by atoms with Crippen LogP contribution in [-0.2, 0) is 0 Å². The van der Waals surface area contributed by atoms with Crippen LogP contribution < -0.4 is 15.4 Å². The second kappa shape index (κ2) is 8.28. The van der Waals surface area contributed by atoms with Gasteiger partial charge in [-0.05, 0) is 58.7 Å². The molecule has 0 amide bonds. The lowest BCUT2D eigenvalue weighted by Gasteiger charge is -2.23. The molecule has 1 aliphatic heterocycles. The van der Waals surface area contributed by atoms with Crippen LogP contribution in [0.2, 0.25) is 0 Å². The minimum Gasteiger partial charge on any atom is -0.489 e. The van der Waals surface area contributed by atoms with E-state index >= 15 is 0 Å².